The molecule has 2 aliphatic heterocycles. The lowest BCUT2D eigenvalue weighted by Gasteiger charge is -2.31. The molecule has 1 unspecified atom stereocenters. The Bertz CT molecular complexity index is 844. The monoisotopic (exact) mass is 417 g/mol. The van der Waals surface area contributed by atoms with Crippen LogP contribution in [0.5, 0.6) is 0 Å². The summed E-state index contributed by atoms with van der Waals surface area (Å²) in [5, 5.41) is 20.9. The van der Waals surface area contributed by atoms with Crippen LogP contribution in [0, 0.1) is 16.0 Å². The second kappa shape index (κ2) is 9.13. The van der Waals surface area contributed by atoms with Gasteiger partial charge in [-0.3, -0.25) is 14.7 Å². The third-order valence-corrected chi connectivity index (χ3v) is 6.70. The van der Waals surface area contributed by atoms with Gasteiger partial charge in [-0.05, 0) is 37.2 Å². The van der Waals surface area contributed by atoms with Crippen LogP contribution in [-0.2, 0) is 17.0 Å². The molecule has 1 atom stereocenters. The molecule has 0 N–H and O–H groups in total. The van der Waals surface area contributed by atoms with E-state index in [1.807, 2.05) is 6.07 Å². The number of hydrogen-bond acceptors (Lipinski definition) is 7. The average Bonchev–Trinajstić information content (AvgIpc) is 3.38. The van der Waals surface area contributed by atoms with Gasteiger partial charge in [0.05, 0.1) is 17.6 Å². The number of aromatic nitrogens is 3. The van der Waals surface area contributed by atoms with E-state index in [2.05, 4.69) is 26.6 Å². The fourth-order valence-corrected chi connectivity index (χ4v) is 4.78. The zero-order valence-corrected chi connectivity index (χ0v) is 17.5. The molecule has 2 saturated heterocycles. The fraction of sp³-hybridized carbons (Fsp3) is 0.600. The van der Waals surface area contributed by atoms with E-state index in [4.69, 9.17) is 4.74 Å². The van der Waals surface area contributed by atoms with E-state index in [1.165, 1.54) is 18.9 Å². The molecule has 1 aromatic carbocycles. The molecule has 0 amide bonds. The maximum atomic E-state index is 11.0. The van der Waals surface area contributed by atoms with Crippen molar-refractivity contribution in [3.05, 3.63) is 39.9 Å². The van der Waals surface area contributed by atoms with E-state index < -0.39 is 0 Å². The van der Waals surface area contributed by atoms with Crippen LogP contribution in [0.3, 0.4) is 0 Å². The summed E-state index contributed by atoms with van der Waals surface area (Å²) in [5.41, 5.74) is 1.02. The quantitative estimate of drug-likeness (QED) is 0.384. The lowest BCUT2D eigenvalue weighted by Crippen LogP contribution is -2.35. The van der Waals surface area contributed by atoms with Gasteiger partial charge in [0, 0.05) is 37.6 Å². The number of benzene rings is 1. The Morgan fingerprint density at radius 3 is 2.83 bits per heavy atom. The van der Waals surface area contributed by atoms with Crippen molar-refractivity contribution in [3.63, 3.8) is 0 Å². The summed E-state index contributed by atoms with van der Waals surface area (Å²) < 4.78 is 8.05. The number of thioether (sulfide) groups is 1. The van der Waals surface area contributed by atoms with Gasteiger partial charge >= 0.3 is 0 Å². The number of ether oxygens (including phenoxy) is 1. The number of piperidine rings is 1. The minimum Gasteiger partial charge on any atom is -0.376 e. The van der Waals surface area contributed by atoms with Crippen molar-refractivity contribution in [1.29, 1.82) is 0 Å². The van der Waals surface area contributed by atoms with Gasteiger partial charge in [-0.1, -0.05) is 30.8 Å². The summed E-state index contributed by atoms with van der Waals surface area (Å²) >= 11 is 1.57. The Morgan fingerprint density at radius 1 is 1.28 bits per heavy atom. The fourth-order valence-electron chi connectivity index (χ4n) is 3.89. The zero-order valence-electron chi connectivity index (χ0n) is 16.7. The van der Waals surface area contributed by atoms with Gasteiger partial charge in [0.25, 0.3) is 5.69 Å². The van der Waals surface area contributed by atoms with Crippen molar-refractivity contribution >= 4 is 23.4 Å². The standard InChI is InChI=1S/C20H27N5O3S/c1-15-7-9-23(10-8-15)19-21-22-20(24(19)13-18-6-3-11-28-18)29-14-16-4-2-5-17(12-16)25(26)27/h2,4-5,12,15,18H,3,6-11,13-14H2,1H3. The predicted octanol–water partition coefficient (Wildman–Crippen LogP) is 3.89. The van der Waals surface area contributed by atoms with Gasteiger partial charge in [-0.25, -0.2) is 0 Å². The van der Waals surface area contributed by atoms with Crippen molar-refractivity contribution in [1.82, 2.24) is 14.8 Å². The molecule has 2 aromatic rings. The molecule has 4 rings (SSSR count). The molecule has 2 aliphatic rings. The molecular formula is C20H27N5O3S. The van der Waals surface area contributed by atoms with Crippen LogP contribution in [-0.4, -0.2) is 45.5 Å². The van der Waals surface area contributed by atoms with E-state index in [0.717, 1.165) is 61.7 Å². The normalized spacial score (nSPS) is 20.3. The van der Waals surface area contributed by atoms with Crippen LogP contribution in [0.25, 0.3) is 0 Å². The number of anilines is 1. The number of non-ortho nitro benzene ring substituents is 1. The molecule has 8 nitrogen and oxygen atoms in total. The van der Waals surface area contributed by atoms with Gasteiger partial charge in [0.2, 0.25) is 5.95 Å². The molecule has 156 valence electrons. The van der Waals surface area contributed by atoms with Gasteiger partial charge in [-0.2, -0.15) is 0 Å². The lowest BCUT2D eigenvalue weighted by molar-refractivity contribution is -0.384. The van der Waals surface area contributed by atoms with Gasteiger partial charge in [0.1, 0.15) is 0 Å². The van der Waals surface area contributed by atoms with E-state index in [9.17, 15) is 10.1 Å². The Hall–Kier alpha value is -2.13. The molecule has 9 heteroatoms. The Morgan fingerprint density at radius 2 is 2.10 bits per heavy atom. The summed E-state index contributed by atoms with van der Waals surface area (Å²) in [6.45, 7) is 5.88. The van der Waals surface area contributed by atoms with E-state index in [-0.39, 0.29) is 16.7 Å². The highest BCUT2D eigenvalue weighted by Gasteiger charge is 2.26. The first-order chi connectivity index (χ1) is 14.1. The van der Waals surface area contributed by atoms with Gasteiger partial charge < -0.3 is 9.64 Å². The Labute approximate surface area is 174 Å². The first-order valence-corrected chi connectivity index (χ1v) is 11.2. The number of nitro benzene ring substituents is 1. The van der Waals surface area contributed by atoms with Crippen LogP contribution in [0.15, 0.2) is 29.4 Å². The average molecular weight is 418 g/mol. The molecule has 0 spiro atoms. The second-order valence-corrected chi connectivity index (χ2v) is 8.86. The number of nitro groups is 1. The minimum absolute atomic E-state index is 0.118. The molecule has 1 aromatic heterocycles. The predicted molar refractivity (Wildman–Crippen MR) is 112 cm³/mol. The van der Waals surface area contributed by atoms with Crippen molar-refractivity contribution in [2.24, 2.45) is 5.92 Å². The van der Waals surface area contributed by atoms with Crippen LogP contribution < -0.4 is 4.90 Å². The van der Waals surface area contributed by atoms with Crippen molar-refractivity contribution < 1.29 is 9.66 Å². The van der Waals surface area contributed by atoms with Crippen molar-refractivity contribution in [2.45, 2.75) is 56.2 Å². The number of rotatable bonds is 7. The smallest absolute Gasteiger partial charge is 0.269 e. The molecule has 0 aliphatic carbocycles. The summed E-state index contributed by atoms with van der Waals surface area (Å²) in [7, 11) is 0. The van der Waals surface area contributed by atoms with Crippen LogP contribution in [0.1, 0.15) is 38.2 Å². The van der Waals surface area contributed by atoms with E-state index in [0.29, 0.717) is 5.75 Å². The van der Waals surface area contributed by atoms with E-state index in [1.54, 1.807) is 23.9 Å². The second-order valence-electron chi connectivity index (χ2n) is 7.91. The molecule has 29 heavy (non-hydrogen) atoms. The van der Waals surface area contributed by atoms with Gasteiger partial charge in [-0.15, -0.1) is 10.2 Å². The molecule has 2 fully saturated rings. The SMILES string of the molecule is CC1CCN(c2nnc(SCc3cccc([N+](=O)[O-])c3)n2CC2CCCO2)CC1. The van der Waals surface area contributed by atoms with E-state index >= 15 is 0 Å². The summed E-state index contributed by atoms with van der Waals surface area (Å²) in [6.07, 6.45) is 4.69. The molecule has 0 bridgehead atoms. The highest BCUT2D eigenvalue weighted by atomic mass is 32.2. The topological polar surface area (TPSA) is 86.3 Å². The minimum atomic E-state index is -0.358. The Kier molecular flexibility index (Phi) is 6.34. The first kappa shape index (κ1) is 20.2. The lowest BCUT2D eigenvalue weighted by atomic mass is 10.00. The van der Waals surface area contributed by atoms with Crippen LogP contribution >= 0.6 is 11.8 Å². The summed E-state index contributed by atoms with van der Waals surface area (Å²) in [5.74, 6) is 2.29. The first-order valence-electron chi connectivity index (χ1n) is 10.3. The summed E-state index contributed by atoms with van der Waals surface area (Å²) in [4.78, 5) is 13.0. The molecule has 0 radical (unpaired) electrons. The zero-order chi connectivity index (χ0) is 20.2. The molecular weight excluding hydrogens is 390 g/mol. The van der Waals surface area contributed by atoms with Crippen LogP contribution in [0.2, 0.25) is 0 Å². The number of nitrogens with zero attached hydrogens (tertiary/aromatic N) is 5. The van der Waals surface area contributed by atoms with Gasteiger partial charge in [0.15, 0.2) is 5.16 Å². The summed E-state index contributed by atoms with van der Waals surface area (Å²) in [6, 6.07) is 6.78. The number of hydrogen-bond donors (Lipinski definition) is 0. The maximum Gasteiger partial charge on any atom is 0.269 e. The molecule has 3 heterocycles. The van der Waals surface area contributed by atoms with Crippen molar-refractivity contribution in [3.8, 4) is 0 Å². The highest BCUT2D eigenvalue weighted by molar-refractivity contribution is 7.98. The third-order valence-electron chi connectivity index (χ3n) is 5.66. The van der Waals surface area contributed by atoms with Crippen LogP contribution in [0.4, 0.5) is 11.6 Å². The van der Waals surface area contributed by atoms with Crippen molar-refractivity contribution in [2.75, 3.05) is 24.6 Å². The Balaban J connectivity index is 1.52. The largest absolute Gasteiger partial charge is 0.376 e. The maximum absolute atomic E-state index is 11.0. The third kappa shape index (κ3) is 4.90. The highest BCUT2D eigenvalue weighted by Crippen LogP contribution is 2.30. The molecule has 0 saturated carbocycles.